The smallest absolute Gasteiger partial charge is 1.00 e. The minimum Gasteiger partial charge on any atom is -1.00 e. The Morgan fingerprint density at radius 1 is 0.287 bits per heavy atom. The first-order chi connectivity index (χ1) is 37.0. The molecule has 9 aromatic rings. The maximum atomic E-state index is 2.70. The van der Waals surface area contributed by atoms with Crippen molar-refractivity contribution in [2.45, 2.75) is 113 Å². The van der Waals surface area contributed by atoms with Gasteiger partial charge in [-0.15, -0.1) is 0 Å². The van der Waals surface area contributed by atoms with Gasteiger partial charge in [-0.2, -0.15) is 0 Å². The maximum absolute atomic E-state index is 3.40. The molecule has 1 aliphatic carbocycles. The van der Waals surface area contributed by atoms with E-state index in [4.69, 9.17) is 0 Å². The number of benzene rings is 9. The number of rotatable bonds is 16. The summed E-state index contributed by atoms with van der Waals surface area (Å²) in [5, 5.41) is 4.10. The summed E-state index contributed by atoms with van der Waals surface area (Å²) in [6.45, 7) is 23.4. The van der Waals surface area contributed by atoms with Gasteiger partial charge in [-0.3, -0.25) is 0 Å². The molecule has 0 radical (unpaired) electrons. The van der Waals surface area contributed by atoms with Gasteiger partial charge in [0.05, 0.1) is 0 Å². The maximum Gasteiger partial charge on any atom is -1.00 e. The monoisotopic (exact) mass is 1160 g/mol. The molecule has 0 bridgehead atoms. The van der Waals surface area contributed by atoms with Gasteiger partial charge in [0.1, 0.15) is 0 Å². The predicted molar refractivity (Wildman–Crippen MR) is 327 cm³/mol. The molecule has 80 heavy (non-hydrogen) atoms. The Morgan fingerprint density at radius 2 is 0.500 bits per heavy atom. The quantitative estimate of drug-likeness (QED) is 0.0696. The van der Waals surface area contributed by atoms with E-state index < -0.39 is 8.07 Å². The molecule has 1 atom stereocenters. The van der Waals surface area contributed by atoms with E-state index in [2.05, 4.69) is 290 Å². The number of hydrogen-bond donors (Lipinski definition) is 0. The third-order valence-corrected chi connectivity index (χ3v) is 24.2. The Bertz CT molecular complexity index is 3180. The summed E-state index contributed by atoms with van der Waals surface area (Å²) in [6, 6.07) is 78.9. The third kappa shape index (κ3) is 13.4. The summed E-state index contributed by atoms with van der Waals surface area (Å²) in [5.41, 5.74) is 28.5. The van der Waals surface area contributed by atoms with Crippen molar-refractivity contribution in [1.29, 1.82) is 0 Å². The van der Waals surface area contributed by atoms with Crippen molar-refractivity contribution < 1.29 is 57.7 Å². The van der Waals surface area contributed by atoms with Crippen LogP contribution in [0.15, 0.2) is 221 Å². The molecule has 0 aliphatic heterocycles. The van der Waals surface area contributed by atoms with Crippen LogP contribution in [0.1, 0.15) is 128 Å². The van der Waals surface area contributed by atoms with Crippen LogP contribution in [0.3, 0.4) is 0 Å². The van der Waals surface area contributed by atoms with E-state index in [1.165, 1.54) is 136 Å². The minimum absolute atomic E-state index is 0. The zero-order valence-electron chi connectivity index (χ0n) is 48.4. The largest absolute Gasteiger partial charge is 1.00 e. The molecule has 0 amide bonds. The zero-order chi connectivity index (χ0) is 54.0. The van der Waals surface area contributed by atoms with Gasteiger partial charge in [0.25, 0.3) is 0 Å². The zero-order valence-corrected chi connectivity index (χ0v) is 53.3. The van der Waals surface area contributed by atoms with Crippen LogP contribution in [-0.4, -0.2) is 8.07 Å². The number of allylic oxidation sites excluding steroid dienone is 4. The summed E-state index contributed by atoms with van der Waals surface area (Å²) in [4.78, 5) is 0. The van der Waals surface area contributed by atoms with E-state index in [1.54, 1.807) is 0 Å². The average molecular weight is 1160 g/mol. The molecule has 10 rings (SSSR count). The van der Waals surface area contributed by atoms with Crippen LogP contribution in [0.25, 0.3) is 0 Å². The second kappa shape index (κ2) is 26.5. The van der Waals surface area contributed by atoms with E-state index in [0.29, 0.717) is 0 Å². The number of hydrogen-bond acceptors (Lipinski definition) is 0. The van der Waals surface area contributed by atoms with Gasteiger partial charge in [-0.05, 0) is 0 Å². The Labute approximate surface area is 511 Å². The molecule has 1 unspecified atom stereocenters. The van der Waals surface area contributed by atoms with Crippen molar-refractivity contribution in [2.24, 2.45) is 0 Å². The van der Waals surface area contributed by atoms with E-state index in [0.717, 1.165) is 38.5 Å². The minimum atomic E-state index is -3.40. The molecular formula is C75H75Cl3SiTi. The van der Waals surface area contributed by atoms with E-state index in [1.807, 2.05) is 0 Å². The molecule has 0 spiro atoms. The Hall–Kier alpha value is -5.74. The average Bonchev–Trinajstić information content (AvgIpc) is 3.75. The van der Waals surface area contributed by atoms with E-state index >= 15 is 0 Å². The van der Waals surface area contributed by atoms with Gasteiger partial charge in [-0.25, -0.2) is 0 Å². The van der Waals surface area contributed by atoms with Crippen LogP contribution in [0.5, 0.6) is 0 Å². The predicted octanol–water partition coefficient (Wildman–Crippen LogP) is 7.50. The van der Waals surface area contributed by atoms with Crippen molar-refractivity contribution in [3.05, 3.63) is 321 Å². The second-order valence-electron chi connectivity index (χ2n) is 23.2. The van der Waals surface area contributed by atoms with Gasteiger partial charge in [0.2, 0.25) is 0 Å². The molecule has 0 heterocycles. The van der Waals surface area contributed by atoms with Gasteiger partial charge in [-0.1, -0.05) is 0 Å². The van der Waals surface area contributed by atoms with Crippen LogP contribution >= 0.6 is 0 Å². The van der Waals surface area contributed by atoms with E-state index in [-0.39, 0.29) is 42.3 Å². The molecule has 0 nitrogen and oxygen atoms in total. The Balaban J connectivity index is 0.00000308. The summed E-state index contributed by atoms with van der Waals surface area (Å²) in [7, 11) is -3.40. The normalized spacial score (nSPS) is 14.2. The molecule has 0 fully saturated rings. The van der Waals surface area contributed by atoms with Crippen LogP contribution in [0, 0.1) is 41.5 Å². The molecule has 404 valence electrons. The van der Waals surface area contributed by atoms with Crippen LogP contribution < -0.4 is 52.8 Å². The van der Waals surface area contributed by atoms with Crippen molar-refractivity contribution in [3.63, 3.8) is 0 Å². The number of aryl methyl sites for hydroxylation is 6. The van der Waals surface area contributed by atoms with Gasteiger partial charge in [0.15, 0.2) is 0 Å². The van der Waals surface area contributed by atoms with Gasteiger partial charge in [0, 0.05) is 0 Å². The van der Waals surface area contributed by atoms with Crippen LogP contribution in [0.2, 0.25) is 5.04 Å². The SMILES string of the molecule is CC1=C(C)C(C)([Si](c2cc(Cc3cccc(C)c3)cc(Cc3cccc(C)c3)c2)(c2cc(Cc3cccc(C)c3)cc(Cc3cccc(C)c3)c2)c2cc(Cc3cccc(C)c3)cc(Cc3cccc(C)c3)c2)[C]([Ti+3])=C1C.[Cl-].[Cl-].[Cl-]. The molecule has 5 heteroatoms. The molecule has 1 aliphatic rings. The third-order valence-electron chi connectivity index (χ3n) is 16.9. The standard InChI is InChI=1S/C75H75Si.3ClH.Ti/c1-51-17-11-23-60(29-51)35-66-41-67(36-61-24-12-18-52(2)30-61)45-72(44-66)76(75(10)50-57(7)58(8)59(75)9,73-46-68(37-62-25-13-19-53(3)31-62)42-69(47-73)38-63-26-14-20-54(4)32-63)74-48-70(39-64-27-15-21-55(5)33-64)43-71(49-74)40-65-28-16-22-56(6)34-65;;;;/h11-34,41-49H,35-40H2,1-10H3;3*1H;/q;;;;+3/p-3. The topological polar surface area (TPSA) is 0 Å². The van der Waals surface area contributed by atoms with Crippen molar-refractivity contribution in [3.8, 4) is 0 Å². The first-order valence-corrected chi connectivity index (χ1v) is 30.6. The van der Waals surface area contributed by atoms with Crippen molar-refractivity contribution >= 4 is 23.6 Å². The van der Waals surface area contributed by atoms with E-state index in [9.17, 15) is 0 Å². The first-order valence-electron chi connectivity index (χ1n) is 27.9. The van der Waals surface area contributed by atoms with Crippen molar-refractivity contribution in [2.75, 3.05) is 0 Å². The first kappa shape index (κ1) is 61.9. The van der Waals surface area contributed by atoms with Crippen molar-refractivity contribution in [1.82, 2.24) is 0 Å². The fourth-order valence-corrected chi connectivity index (χ4v) is 21.1. The van der Waals surface area contributed by atoms with Crippen LogP contribution in [-0.2, 0) is 59.0 Å². The fraction of sp³-hybridized carbons (Fsp3) is 0.227. The second-order valence-corrected chi connectivity index (χ2v) is 28.2. The molecule has 0 saturated heterocycles. The molecular weight excluding hydrogens is 1080 g/mol. The Morgan fingerprint density at radius 3 is 0.675 bits per heavy atom. The number of halogens is 3. The summed E-state index contributed by atoms with van der Waals surface area (Å²) < 4.78 is 1.50. The van der Waals surface area contributed by atoms with Gasteiger partial charge < -0.3 is 37.2 Å². The fourth-order valence-electron chi connectivity index (χ4n) is 13.1. The molecule has 0 N–H and O–H groups in total. The molecule has 0 saturated carbocycles. The Kier molecular flexibility index (Phi) is 20.5. The summed E-state index contributed by atoms with van der Waals surface area (Å²) in [5.74, 6) is 0. The molecule has 9 aromatic carbocycles. The summed E-state index contributed by atoms with van der Waals surface area (Å²) >= 11 is 2.50. The molecule has 0 aromatic heterocycles. The van der Waals surface area contributed by atoms with Gasteiger partial charge >= 0.3 is 478 Å². The van der Waals surface area contributed by atoms with Crippen LogP contribution in [0.4, 0.5) is 0 Å². The summed E-state index contributed by atoms with van der Waals surface area (Å²) in [6.07, 6.45) is 5.15.